The van der Waals surface area contributed by atoms with Gasteiger partial charge in [-0.15, -0.1) is 0 Å². The average Bonchev–Trinajstić information content (AvgIpc) is 3.44. The smallest absolute Gasteiger partial charge is 0.264 e. The quantitative estimate of drug-likeness (QED) is 0.342. The Morgan fingerprint density at radius 3 is 2.30 bits per heavy atom. The molecule has 40 heavy (non-hydrogen) atoms. The molecule has 3 aromatic rings. The van der Waals surface area contributed by atoms with Crippen molar-refractivity contribution in [3.63, 3.8) is 0 Å². The van der Waals surface area contributed by atoms with Gasteiger partial charge in [0.05, 0.1) is 10.6 Å². The summed E-state index contributed by atoms with van der Waals surface area (Å²) in [5.41, 5.74) is 1.74. The summed E-state index contributed by atoms with van der Waals surface area (Å²) in [4.78, 5) is 28.5. The Hall–Kier alpha value is -3.43. The Morgan fingerprint density at radius 2 is 1.68 bits per heavy atom. The topological polar surface area (TPSA) is 86.8 Å². The Labute approximate surface area is 240 Å². The number of nitrogens with one attached hydrogen (secondary N) is 1. The molecule has 1 aliphatic carbocycles. The number of benzene rings is 3. The van der Waals surface area contributed by atoms with Crippen LogP contribution in [0.2, 0.25) is 5.02 Å². The highest BCUT2D eigenvalue weighted by molar-refractivity contribution is 7.92. The van der Waals surface area contributed by atoms with Gasteiger partial charge in [-0.1, -0.05) is 48.7 Å². The maximum Gasteiger partial charge on any atom is 0.264 e. The van der Waals surface area contributed by atoms with E-state index in [0.29, 0.717) is 16.3 Å². The maximum absolute atomic E-state index is 13.9. The van der Waals surface area contributed by atoms with Crippen LogP contribution < -0.4 is 9.62 Å². The fraction of sp³-hybridized carbons (Fsp3) is 0.333. The first-order chi connectivity index (χ1) is 19.0. The Morgan fingerprint density at radius 1 is 1.02 bits per heavy atom. The molecule has 0 bridgehead atoms. The van der Waals surface area contributed by atoms with Gasteiger partial charge in [0.25, 0.3) is 10.0 Å². The van der Waals surface area contributed by atoms with Crippen molar-refractivity contribution in [3.05, 3.63) is 94.8 Å². The molecule has 0 aromatic heterocycles. The van der Waals surface area contributed by atoms with E-state index in [-0.39, 0.29) is 23.4 Å². The van der Waals surface area contributed by atoms with Gasteiger partial charge in [0.2, 0.25) is 11.8 Å². The van der Waals surface area contributed by atoms with Gasteiger partial charge in [0.15, 0.2) is 0 Å². The third-order valence-electron chi connectivity index (χ3n) is 7.11. The lowest BCUT2D eigenvalue weighted by Crippen LogP contribution is -2.52. The molecule has 1 saturated carbocycles. The van der Waals surface area contributed by atoms with E-state index in [1.54, 1.807) is 37.3 Å². The Bertz CT molecular complexity index is 1440. The monoisotopic (exact) mass is 585 g/mol. The van der Waals surface area contributed by atoms with Crippen LogP contribution in [0.15, 0.2) is 77.7 Å². The highest BCUT2D eigenvalue weighted by atomic mass is 35.5. The zero-order valence-electron chi connectivity index (χ0n) is 22.5. The van der Waals surface area contributed by atoms with Gasteiger partial charge in [-0.05, 0) is 86.3 Å². The van der Waals surface area contributed by atoms with Gasteiger partial charge in [-0.2, -0.15) is 0 Å². The number of aryl methyl sites for hydroxylation is 1. The number of halogens is 2. The highest BCUT2D eigenvalue weighted by Gasteiger charge is 2.33. The van der Waals surface area contributed by atoms with Crippen LogP contribution >= 0.6 is 11.6 Å². The summed E-state index contributed by atoms with van der Waals surface area (Å²) in [5, 5.41) is 3.40. The molecular weight excluding hydrogens is 553 g/mol. The number of sulfonamides is 1. The second-order valence-electron chi connectivity index (χ2n) is 10.1. The summed E-state index contributed by atoms with van der Waals surface area (Å²) in [6, 6.07) is 17.4. The molecule has 0 heterocycles. The normalized spacial score (nSPS) is 14.5. The standard InChI is InChI=1S/C30H33ClFN3O4S/c1-21-6-5-9-27(18-21)35(40(38,39)28-16-12-24(31)13-17-28)20-29(36)34(19-23-10-14-25(32)15-11-23)22(2)30(37)33-26-7-3-4-8-26/h5-6,9-18,22,26H,3-4,7-8,19-20H2,1-2H3,(H,33,37)/t22-/m0/s1. The van der Waals surface area contributed by atoms with E-state index in [1.165, 1.54) is 41.3 Å². The molecule has 10 heteroatoms. The first-order valence-electron chi connectivity index (χ1n) is 13.2. The molecule has 0 aliphatic heterocycles. The minimum atomic E-state index is -4.18. The van der Waals surface area contributed by atoms with Gasteiger partial charge in [0.1, 0.15) is 18.4 Å². The van der Waals surface area contributed by atoms with Gasteiger partial charge in [-0.3, -0.25) is 13.9 Å². The molecule has 0 spiro atoms. The van der Waals surface area contributed by atoms with Crippen LogP contribution in [0.4, 0.5) is 10.1 Å². The van der Waals surface area contributed by atoms with Crippen LogP contribution in [0.3, 0.4) is 0 Å². The molecule has 3 aromatic carbocycles. The summed E-state index contributed by atoms with van der Waals surface area (Å²) in [7, 11) is -4.18. The summed E-state index contributed by atoms with van der Waals surface area (Å²) in [5.74, 6) is -1.31. The largest absolute Gasteiger partial charge is 0.352 e. The fourth-order valence-corrected chi connectivity index (χ4v) is 6.34. The summed E-state index contributed by atoms with van der Waals surface area (Å²) in [6.07, 6.45) is 3.83. The lowest BCUT2D eigenvalue weighted by atomic mass is 10.1. The van der Waals surface area contributed by atoms with E-state index in [4.69, 9.17) is 11.6 Å². The molecule has 212 valence electrons. The molecule has 1 aliphatic rings. The van der Waals surface area contributed by atoms with E-state index in [2.05, 4.69) is 5.32 Å². The number of hydrogen-bond donors (Lipinski definition) is 1. The van der Waals surface area contributed by atoms with Gasteiger partial charge in [0, 0.05) is 17.6 Å². The van der Waals surface area contributed by atoms with E-state index < -0.39 is 34.3 Å². The van der Waals surface area contributed by atoms with E-state index >= 15 is 0 Å². The third-order valence-corrected chi connectivity index (χ3v) is 9.15. The van der Waals surface area contributed by atoms with Gasteiger partial charge in [-0.25, -0.2) is 12.8 Å². The summed E-state index contributed by atoms with van der Waals surface area (Å²) >= 11 is 5.99. The predicted molar refractivity (Wildman–Crippen MR) is 154 cm³/mol. The highest BCUT2D eigenvalue weighted by Crippen LogP contribution is 2.26. The fourth-order valence-electron chi connectivity index (χ4n) is 4.81. The van der Waals surface area contributed by atoms with Crippen molar-refractivity contribution in [2.75, 3.05) is 10.8 Å². The molecule has 7 nitrogen and oxygen atoms in total. The van der Waals surface area contributed by atoms with Crippen molar-refractivity contribution in [2.24, 2.45) is 0 Å². The van der Waals surface area contributed by atoms with E-state index in [9.17, 15) is 22.4 Å². The van der Waals surface area contributed by atoms with Crippen LogP contribution in [0.1, 0.15) is 43.7 Å². The zero-order chi connectivity index (χ0) is 28.9. The lowest BCUT2D eigenvalue weighted by molar-refractivity contribution is -0.139. The first-order valence-corrected chi connectivity index (χ1v) is 15.1. The number of carbonyl (C=O) groups excluding carboxylic acids is 2. The number of carbonyl (C=O) groups is 2. The average molecular weight is 586 g/mol. The Kier molecular flexibility index (Phi) is 9.48. The van der Waals surface area contributed by atoms with Crippen molar-refractivity contribution in [1.29, 1.82) is 0 Å². The van der Waals surface area contributed by atoms with Crippen molar-refractivity contribution < 1.29 is 22.4 Å². The van der Waals surface area contributed by atoms with Crippen LogP contribution in [0.5, 0.6) is 0 Å². The molecule has 4 rings (SSSR count). The van der Waals surface area contributed by atoms with Crippen LogP contribution in [-0.4, -0.2) is 43.8 Å². The minimum absolute atomic E-state index is 0.00101. The summed E-state index contributed by atoms with van der Waals surface area (Å²) in [6.45, 7) is 2.91. The molecule has 0 radical (unpaired) electrons. The first kappa shape index (κ1) is 29.6. The SMILES string of the molecule is Cc1cccc(N(CC(=O)N(Cc2ccc(F)cc2)[C@@H](C)C(=O)NC2CCCC2)S(=O)(=O)c2ccc(Cl)cc2)c1. The van der Waals surface area contributed by atoms with E-state index in [0.717, 1.165) is 35.6 Å². The molecular formula is C30H33ClFN3O4S. The van der Waals surface area contributed by atoms with Gasteiger partial charge >= 0.3 is 0 Å². The number of nitrogens with zero attached hydrogens (tertiary/aromatic N) is 2. The molecule has 0 saturated heterocycles. The van der Waals surface area contributed by atoms with Crippen LogP contribution in [-0.2, 0) is 26.2 Å². The maximum atomic E-state index is 13.9. The lowest BCUT2D eigenvalue weighted by Gasteiger charge is -2.32. The second-order valence-corrected chi connectivity index (χ2v) is 12.4. The van der Waals surface area contributed by atoms with Crippen molar-refractivity contribution >= 4 is 39.1 Å². The predicted octanol–water partition coefficient (Wildman–Crippen LogP) is 5.46. The van der Waals surface area contributed by atoms with Crippen molar-refractivity contribution in [2.45, 2.75) is 63.1 Å². The summed E-state index contributed by atoms with van der Waals surface area (Å²) < 4.78 is 42.3. The minimum Gasteiger partial charge on any atom is -0.352 e. The Balaban J connectivity index is 1.68. The number of amides is 2. The number of rotatable bonds is 10. The third kappa shape index (κ3) is 7.20. The molecule has 2 amide bonds. The zero-order valence-corrected chi connectivity index (χ0v) is 24.1. The van der Waals surface area contributed by atoms with Crippen LogP contribution in [0, 0.1) is 12.7 Å². The van der Waals surface area contributed by atoms with Crippen molar-refractivity contribution in [1.82, 2.24) is 10.2 Å². The second kappa shape index (κ2) is 12.8. The molecule has 1 fully saturated rings. The molecule has 0 unspecified atom stereocenters. The van der Waals surface area contributed by atoms with E-state index in [1.807, 2.05) is 13.0 Å². The van der Waals surface area contributed by atoms with Crippen LogP contribution in [0.25, 0.3) is 0 Å². The molecule has 1 atom stereocenters. The number of hydrogen-bond acceptors (Lipinski definition) is 4. The van der Waals surface area contributed by atoms with Crippen molar-refractivity contribution in [3.8, 4) is 0 Å². The molecule has 1 N–H and O–H groups in total. The van der Waals surface area contributed by atoms with Gasteiger partial charge < -0.3 is 10.2 Å². The number of anilines is 1.